The van der Waals surface area contributed by atoms with Gasteiger partial charge in [-0.2, -0.15) is 0 Å². The normalized spacial score (nSPS) is 12.8. The molecule has 0 spiro atoms. The quantitative estimate of drug-likeness (QED) is 0.546. The summed E-state index contributed by atoms with van der Waals surface area (Å²) in [5.41, 5.74) is 0.731. The molecule has 3 aromatic rings. The first kappa shape index (κ1) is 22.4. The number of nitrogens with one attached hydrogen (secondary N) is 2. The molecule has 1 heterocycles. The third kappa shape index (κ3) is 5.43. The summed E-state index contributed by atoms with van der Waals surface area (Å²) in [4.78, 5) is 37.2. The second-order valence-corrected chi connectivity index (χ2v) is 7.81. The zero-order valence-electron chi connectivity index (χ0n) is 16.8. The highest BCUT2D eigenvalue weighted by Gasteiger charge is 2.28. The number of benzene rings is 2. The van der Waals surface area contributed by atoms with Crippen molar-refractivity contribution in [2.45, 2.75) is 25.4 Å². The minimum Gasteiger partial charge on any atom is -0.467 e. The second-order valence-electron chi connectivity index (χ2n) is 6.90. The maximum absolute atomic E-state index is 13.3. The van der Waals surface area contributed by atoms with Crippen LogP contribution in [0.2, 0.25) is 0 Å². The van der Waals surface area contributed by atoms with Crippen molar-refractivity contribution in [3.8, 4) is 0 Å². The van der Waals surface area contributed by atoms with Gasteiger partial charge in [0.2, 0.25) is 11.8 Å². The van der Waals surface area contributed by atoms with Gasteiger partial charge in [-0.05, 0) is 41.5 Å². The molecular weight excluding hydrogens is 426 g/mol. The molecule has 0 aliphatic heterocycles. The Morgan fingerprint density at radius 2 is 1.74 bits per heavy atom. The van der Waals surface area contributed by atoms with E-state index in [1.165, 1.54) is 25.4 Å². The highest BCUT2D eigenvalue weighted by molar-refractivity contribution is 7.17. The minimum absolute atomic E-state index is 0.139. The standard InChI is InChI=1S/C22H20F2N2O4S/c1-12(25-19(27)9-13-7-14(23)10-15(24)8-13)21(28)26-20(22(29)30-2)17-11-31-18-6-4-3-5-16(17)18/h3-8,10-12,20H,9H2,1-2H3,(H,25,27)(H,26,28)/t12-,20?/m0/s1. The van der Waals surface area contributed by atoms with E-state index in [0.717, 1.165) is 22.2 Å². The molecule has 2 atom stereocenters. The van der Waals surface area contributed by atoms with Crippen molar-refractivity contribution in [2.75, 3.05) is 7.11 Å². The molecule has 162 valence electrons. The predicted octanol–water partition coefficient (Wildman–Crippen LogP) is 3.26. The number of rotatable bonds is 7. The topological polar surface area (TPSA) is 84.5 Å². The molecule has 0 radical (unpaired) electrons. The first-order valence-corrected chi connectivity index (χ1v) is 10.2. The SMILES string of the molecule is COC(=O)C(NC(=O)[C@H](C)NC(=O)Cc1cc(F)cc(F)c1)c1csc2ccccc12. The van der Waals surface area contributed by atoms with Crippen molar-refractivity contribution in [1.82, 2.24) is 10.6 Å². The Hall–Kier alpha value is -3.33. The molecule has 9 heteroatoms. The Morgan fingerprint density at radius 1 is 1.06 bits per heavy atom. The van der Waals surface area contributed by atoms with E-state index in [1.807, 2.05) is 24.3 Å². The van der Waals surface area contributed by atoms with E-state index in [1.54, 1.807) is 5.38 Å². The van der Waals surface area contributed by atoms with Crippen LogP contribution in [-0.4, -0.2) is 30.9 Å². The molecule has 2 aromatic carbocycles. The number of carbonyl (C=O) groups excluding carboxylic acids is 3. The predicted molar refractivity (Wildman–Crippen MR) is 112 cm³/mol. The molecule has 0 aliphatic rings. The van der Waals surface area contributed by atoms with Gasteiger partial charge in [-0.3, -0.25) is 9.59 Å². The Labute approximate surface area is 181 Å². The molecule has 0 bridgehead atoms. The largest absolute Gasteiger partial charge is 0.467 e. The van der Waals surface area contributed by atoms with Crippen molar-refractivity contribution in [1.29, 1.82) is 0 Å². The summed E-state index contributed by atoms with van der Waals surface area (Å²) in [5, 5.41) is 7.66. The van der Waals surface area contributed by atoms with Gasteiger partial charge in [-0.1, -0.05) is 18.2 Å². The third-order valence-electron chi connectivity index (χ3n) is 4.60. The van der Waals surface area contributed by atoms with Crippen LogP contribution < -0.4 is 10.6 Å². The molecule has 3 rings (SSSR count). The Morgan fingerprint density at radius 3 is 2.42 bits per heavy atom. The van der Waals surface area contributed by atoms with Gasteiger partial charge in [0.15, 0.2) is 6.04 Å². The number of esters is 1. The lowest BCUT2D eigenvalue weighted by Gasteiger charge is -2.20. The Bertz CT molecular complexity index is 1110. The minimum atomic E-state index is -1.05. The van der Waals surface area contributed by atoms with Crippen LogP contribution in [0.25, 0.3) is 10.1 Å². The van der Waals surface area contributed by atoms with Crippen LogP contribution in [0.1, 0.15) is 24.1 Å². The molecule has 0 aliphatic carbocycles. The van der Waals surface area contributed by atoms with Crippen LogP contribution in [0.15, 0.2) is 47.8 Å². The number of thiophene rings is 1. The summed E-state index contributed by atoms with van der Waals surface area (Å²) in [5.74, 6) is -3.44. The summed E-state index contributed by atoms with van der Waals surface area (Å²) < 4.78 is 32.4. The van der Waals surface area contributed by atoms with E-state index in [-0.39, 0.29) is 12.0 Å². The first-order valence-electron chi connectivity index (χ1n) is 9.37. The molecule has 0 fully saturated rings. The number of methoxy groups -OCH3 is 1. The van der Waals surface area contributed by atoms with E-state index in [9.17, 15) is 23.2 Å². The van der Waals surface area contributed by atoms with E-state index < -0.39 is 41.5 Å². The van der Waals surface area contributed by atoms with E-state index in [2.05, 4.69) is 10.6 Å². The van der Waals surface area contributed by atoms with Crippen molar-refractivity contribution >= 4 is 39.2 Å². The van der Waals surface area contributed by atoms with Gasteiger partial charge in [-0.25, -0.2) is 13.6 Å². The highest BCUT2D eigenvalue weighted by atomic mass is 32.1. The molecule has 1 unspecified atom stereocenters. The molecule has 1 aromatic heterocycles. The lowest BCUT2D eigenvalue weighted by Crippen LogP contribution is -2.47. The van der Waals surface area contributed by atoms with Gasteiger partial charge in [0.1, 0.15) is 17.7 Å². The molecule has 6 nitrogen and oxygen atoms in total. The smallest absolute Gasteiger partial charge is 0.333 e. The fourth-order valence-corrected chi connectivity index (χ4v) is 4.11. The maximum atomic E-state index is 13.3. The number of hydrogen-bond acceptors (Lipinski definition) is 5. The number of hydrogen-bond donors (Lipinski definition) is 2. The fraction of sp³-hybridized carbons (Fsp3) is 0.227. The average molecular weight is 446 g/mol. The maximum Gasteiger partial charge on any atom is 0.333 e. The molecule has 0 saturated heterocycles. The second kappa shape index (κ2) is 9.65. The van der Waals surface area contributed by atoms with Gasteiger partial charge in [0.25, 0.3) is 0 Å². The fourth-order valence-electron chi connectivity index (χ4n) is 3.13. The Balaban J connectivity index is 1.69. The third-order valence-corrected chi connectivity index (χ3v) is 5.58. The van der Waals surface area contributed by atoms with E-state index in [0.29, 0.717) is 11.6 Å². The van der Waals surface area contributed by atoms with Crippen molar-refractivity contribution < 1.29 is 27.9 Å². The number of amides is 2. The molecule has 31 heavy (non-hydrogen) atoms. The summed E-state index contributed by atoms with van der Waals surface area (Å²) in [6, 6.07) is 8.19. The highest BCUT2D eigenvalue weighted by Crippen LogP contribution is 2.30. The number of halogens is 2. The summed E-state index contributed by atoms with van der Waals surface area (Å²) in [6.07, 6.45) is -0.304. The van der Waals surface area contributed by atoms with Gasteiger partial charge in [0, 0.05) is 16.3 Å². The molecule has 2 N–H and O–H groups in total. The molecule has 0 saturated carbocycles. The molecule has 2 amide bonds. The lowest BCUT2D eigenvalue weighted by atomic mass is 10.1. The summed E-state index contributed by atoms with van der Waals surface area (Å²) in [7, 11) is 1.22. The van der Waals surface area contributed by atoms with Crippen LogP contribution in [0.5, 0.6) is 0 Å². The van der Waals surface area contributed by atoms with Crippen LogP contribution in [0.4, 0.5) is 8.78 Å². The Kier molecular flexibility index (Phi) is 6.96. The monoisotopic (exact) mass is 446 g/mol. The zero-order valence-corrected chi connectivity index (χ0v) is 17.6. The summed E-state index contributed by atoms with van der Waals surface area (Å²) in [6.45, 7) is 1.44. The first-order chi connectivity index (χ1) is 14.8. The van der Waals surface area contributed by atoms with Crippen molar-refractivity contribution in [2.24, 2.45) is 0 Å². The van der Waals surface area contributed by atoms with Crippen LogP contribution >= 0.6 is 11.3 Å². The van der Waals surface area contributed by atoms with Gasteiger partial charge in [0.05, 0.1) is 13.5 Å². The number of fused-ring (bicyclic) bond motifs is 1. The lowest BCUT2D eigenvalue weighted by molar-refractivity contribution is -0.145. The van der Waals surface area contributed by atoms with Crippen molar-refractivity contribution in [3.63, 3.8) is 0 Å². The summed E-state index contributed by atoms with van der Waals surface area (Å²) >= 11 is 1.43. The number of ether oxygens (including phenoxy) is 1. The van der Waals surface area contributed by atoms with Crippen LogP contribution in [0.3, 0.4) is 0 Å². The zero-order chi connectivity index (χ0) is 22.5. The van der Waals surface area contributed by atoms with Gasteiger partial charge < -0.3 is 15.4 Å². The van der Waals surface area contributed by atoms with Gasteiger partial charge in [-0.15, -0.1) is 11.3 Å². The van der Waals surface area contributed by atoms with Crippen LogP contribution in [-0.2, 0) is 25.5 Å². The van der Waals surface area contributed by atoms with Gasteiger partial charge >= 0.3 is 5.97 Å². The molecular formula is C22H20F2N2O4S. The van der Waals surface area contributed by atoms with E-state index >= 15 is 0 Å². The average Bonchev–Trinajstić information content (AvgIpc) is 3.14. The van der Waals surface area contributed by atoms with Crippen molar-refractivity contribution in [3.05, 3.63) is 70.6 Å². The number of carbonyl (C=O) groups is 3. The van der Waals surface area contributed by atoms with E-state index in [4.69, 9.17) is 4.74 Å². The van der Waals surface area contributed by atoms with Crippen LogP contribution in [0, 0.1) is 11.6 Å².